The first-order valence-corrected chi connectivity index (χ1v) is 22.6. The molecule has 308 valence electrons. The van der Waals surface area contributed by atoms with Gasteiger partial charge in [-0.25, -0.2) is 0 Å². The quantitative estimate of drug-likeness (QED) is 0.173. The van der Waals surface area contributed by atoms with Crippen LogP contribution in [0.1, 0.15) is 23.2 Å². The Hall–Kier alpha value is -8.92. The number of aromatic nitrogens is 5. The molecule has 14 rings (SSSR count). The zero-order chi connectivity index (χ0) is 43.5. The van der Waals surface area contributed by atoms with E-state index in [1.807, 2.05) is 24.5 Å². The Balaban J connectivity index is 1.04. The summed E-state index contributed by atoms with van der Waals surface area (Å²) in [5.74, 6) is 0. The Bertz CT molecular complexity index is 4190. The number of rotatable bonds is 5. The van der Waals surface area contributed by atoms with Crippen molar-refractivity contribution in [1.82, 2.24) is 23.3 Å². The highest BCUT2D eigenvalue weighted by atomic mass is 15.0. The van der Waals surface area contributed by atoms with Gasteiger partial charge in [-0.3, -0.25) is 4.98 Å². The summed E-state index contributed by atoms with van der Waals surface area (Å²) in [6, 6.07) is 68.1. The topological polar surface area (TPSA) is 56.4 Å². The van der Waals surface area contributed by atoms with Gasteiger partial charge in [-0.15, -0.1) is 0 Å². The molecule has 5 heterocycles. The van der Waals surface area contributed by atoms with Crippen molar-refractivity contribution in [1.29, 1.82) is 5.26 Å². The first kappa shape index (κ1) is 36.6. The predicted molar refractivity (Wildman–Crippen MR) is 272 cm³/mol. The Kier molecular flexibility index (Phi) is 7.78. The van der Waals surface area contributed by atoms with Gasteiger partial charge < -0.3 is 18.3 Å². The van der Waals surface area contributed by atoms with Crippen molar-refractivity contribution in [3.05, 3.63) is 217 Å². The number of pyridine rings is 1. The van der Waals surface area contributed by atoms with Crippen LogP contribution in [-0.4, -0.2) is 23.3 Å². The van der Waals surface area contributed by atoms with Crippen molar-refractivity contribution in [3.63, 3.8) is 0 Å². The smallest absolute Gasteiger partial charge is 0.104 e. The molecule has 66 heavy (non-hydrogen) atoms. The van der Waals surface area contributed by atoms with Crippen LogP contribution in [-0.2, 0) is 6.42 Å². The van der Waals surface area contributed by atoms with Crippen LogP contribution in [0.25, 0.3) is 116 Å². The summed E-state index contributed by atoms with van der Waals surface area (Å²) < 4.78 is 9.43. The zero-order valence-corrected chi connectivity index (χ0v) is 35.7. The maximum Gasteiger partial charge on any atom is 0.104 e. The van der Waals surface area contributed by atoms with Crippen molar-refractivity contribution < 1.29 is 0 Å². The minimum Gasteiger partial charge on any atom is -0.313 e. The molecule has 0 fully saturated rings. The van der Waals surface area contributed by atoms with E-state index in [0.717, 1.165) is 90.3 Å². The van der Waals surface area contributed by atoms with Gasteiger partial charge in [0, 0.05) is 72.7 Å². The van der Waals surface area contributed by atoms with E-state index in [-0.39, 0.29) is 0 Å². The highest BCUT2D eigenvalue weighted by Gasteiger charge is 2.25. The monoisotopic (exact) mass is 842 g/mol. The summed E-state index contributed by atoms with van der Waals surface area (Å²) in [6.45, 7) is 0. The number of nitrogens with zero attached hydrogens (tertiary/aromatic N) is 6. The van der Waals surface area contributed by atoms with E-state index >= 15 is 0 Å². The summed E-state index contributed by atoms with van der Waals surface area (Å²) >= 11 is 0. The van der Waals surface area contributed by atoms with Crippen molar-refractivity contribution in [3.8, 4) is 39.9 Å². The van der Waals surface area contributed by atoms with Crippen LogP contribution in [0.15, 0.2) is 200 Å². The summed E-state index contributed by atoms with van der Waals surface area (Å²) in [6.07, 6.45) is 10.3. The second kappa shape index (κ2) is 14.0. The molecule has 1 aliphatic rings. The molecule has 0 spiro atoms. The van der Waals surface area contributed by atoms with E-state index < -0.39 is 0 Å². The van der Waals surface area contributed by atoms with E-state index in [4.69, 9.17) is 0 Å². The number of benzene rings is 8. The molecule has 0 atom stereocenters. The van der Waals surface area contributed by atoms with Gasteiger partial charge in [0.05, 0.1) is 50.0 Å². The van der Waals surface area contributed by atoms with E-state index in [2.05, 4.69) is 211 Å². The predicted octanol–water partition coefficient (Wildman–Crippen LogP) is 14.8. The lowest BCUT2D eigenvalue weighted by Crippen LogP contribution is -2.05. The molecule has 6 heteroatoms. The Morgan fingerprint density at radius 2 is 0.848 bits per heavy atom. The molecule has 1 aliphatic carbocycles. The number of hydrogen-bond acceptors (Lipinski definition) is 2. The van der Waals surface area contributed by atoms with Gasteiger partial charge in [-0.1, -0.05) is 103 Å². The molecule has 0 unspecified atom stereocenters. The zero-order valence-electron chi connectivity index (χ0n) is 35.7. The maximum atomic E-state index is 11.6. The third-order valence-corrected chi connectivity index (χ3v) is 14.0. The molecule has 0 radical (unpaired) electrons. The lowest BCUT2D eigenvalue weighted by Gasteiger charge is -2.18. The van der Waals surface area contributed by atoms with E-state index in [9.17, 15) is 5.26 Å². The third-order valence-electron chi connectivity index (χ3n) is 14.0. The highest BCUT2D eigenvalue weighted by Crippen LogP contribution is 2.43. The third kappa shape index (κ3) is 5.14. The molecular formula is C60H38N6. The number of allylic oxidation sites excluding steroid dienone is 1. The fourth-order valence-electron chi connectivity index (χ4n) is 11.2. The number of hydrogen-bond donors (Lipinski definition) is 0. The van der Waals surface area contributed by atoms with Crippen molar-refractivity contribution >= 4 is 82.4 Å². The Morgan fingerprint density at radius 1 is 0.409 bits per heavy atom. The van der Waals surface area contributed by atoms with Gasteiger partial charge >= 0.3 is 0 Å². The highest BCUT2D eigenvalue weighted by molar-refractivity contribution is 6.13. The molecule has 0 aliphatic heterocycles. The number of fused-ring (bicyclic) bond motifs is 12. The molecule has 0 bridgehead atoms. The van der Waals surface area contributed by atoms with Gasteiger partial charge in [0.1, 0.15) is 11.6 Å². The standard InChI is InChI=1S/C60H38N6/c61-37-50-59(65-55-23-11-5-17-46(55)48-35-40(25-27-57(48)65)63-51-19-7-1-13-42(51)43-14-2-8-20-52(43)63)33-39(38-29-31-62-32-30-38)34-60(50)66-56-24-12-6-18-47(56)49-36-41(26-28-58(49)66)64-53-21-9-3-15-44(53)45-16-4-10-22-54(45)64/h1-9,11-21,23-36H,10,22H2. The van der Waals surface area contributed by atoms with Crippen LogP contribution in [0.4, 0.5) is 0 Å². The van der Waals surface area contributed by atoms with Crippen molar-refractivity contribution in [2.75, 3.05) is 0 Å². The van der Waals surface area contributed by atoms with E-state index in [1.54, 1.807) is 0 Å². The van der Waals surface area contributed by atoms with Crippen LogP contribution in [0.2, 0.25) is 0 Å². The first-order valence-electron chi connectivity index (χ1n) is 22.6. The molecule has 5 aromatic heterocycles. The summed E-state index contributed by atoms with van der Waals surface area (Å²) in [7, 11) is 0. The lowest BCUT2D eigenvalue weighted by molar-refractivity contribution is 0.889. The Morgan fingerprint density at radius 3 is 1.38 bits per heavy atom. The van der Waals surface area contributed by atoms with E-state index in [0.29, 0.717) is 5.56 Å². The number of para-hydroxylation sites is 5. The van der Waals surface area contributed by atoms with Crippen LogP contribution in [0, 0.1) is 11.3 Å². The molecule has 0 amide bonds. The SMILES string of the molecule is N#Cc1c(-n2c3ccccc3c3cc(-n4c5c(c6ccccc64)C=CCC5)ccc32)cc(-c2ccncc2)cc1-n1c2ccccc2c2cc(-n3c4ccccc4c4ccccc43)ccc21. The van der Waals surface area contributed by atoms with Gasteiger partial charge in [-0.2, -0.15) is 5.26 Å². The normalized spacial score (nSPS) is 12.7. The van der Waals surface area contributed by atoms with Crippen LogP contribution in [0.3, 0.4) is 0 Å². The van der Waals surface area contributed by atoms with E-state index in [1.165, 1.54) is 44.0 Å². The summed E-state index contributed by atoms with van der Waals surface area (Å²) in [5, 5.41) is 19.8. The fraction of sp³-hybridized carbons (Fsp3) is 0.0333. The minimum absolute atomic E-state index is 0.589. The second-order valence-corrected chi connectivity index (χ2v) is 17.4. The van der Waals surface area contributed by atoms with Crippen LogP contribution < -0.4 is 0 Å². The molecular weight excluding hydrogens is 805 g/mol. The molecule has 0 saturated heterocycles. The fourth-order valence-corrected chi connectivity index (χ4v) is 11.2. The van der Waals surface area contributed by atoms with Crippen LogP contribution in [0.5, 0.6) is 0 Å². The van der Waals surface area contributed by atoms with Crippen molar-refractivity contribution in [2.24, 2.45) is 0 Å². The van der Waals surface area contributed by atoms with Gasteiger partial charge in [-0.05, 0) is 115 Å². The average Bonchev–Trinajstić information content (AvgIpc) is 4.11. The molecule has 13 aromatic rings. The summed E-state index contributed by atoms with van der Waals surface area (Å²) in [4.78, 5) is 4.38. The average molecular weight is 843 g/mol. The van der Waals surface area contributed by atoms with Gasteiger partial charge in [0.2, 0.25) is 0 Å². The molecule has 0 saturated carbocycles. The minimum atomic E-state index is 0.589. The maximum absolute atomic E-state index is 11.6. The first-order chi connectivity index (χ1) is 32.7. The largest absolute Gasteiger partial charge is 0.313 e. The second-order valence-electron chi connectivity index (χ2n) is 17.4. The molecule has 0 N–H and O–H groups in total. The lowest BCUT2D eigenvalue weighted by atomic mass is 10.0. The number of nitriles is 1. The molecule has 6 nitrogen and oxygen atoms in total. The van der Waals surface area contributed by atoms with Gasteiger partial charge in [0.15, 0.2) is 0 Å². The summed E-state index contributed by atoms with van der Waals surface area (Å²) in [5.41, 5.74) is 16.8. The van der Waals surface area contributed by atoms with Crippen LogP contribution >= 0.6 is 0 Å². The van der Waals surface area contributed by atoms with Crippen molar-refractivity contribution in [2.45, 2.75) is 12.8 Å². The molecule has 8 aromatic carbocycles. The Labute approximate surface area is 379 Å². The van der Waals surface area contributed by atoms with Gasteiger partial charge in [0.25, 0.3) is 0 Å².